The minimum Gasteiger partial charge on any atom is -0.508 e. The second kappa shape index (κ2) is 4.59. The fraction of sp³-hybridized carbons (Fsp3) is 0.714. The van der Waals surface area contributed by atoms with Gasteiger partial charge in [-0.15, -0.1) is 0 Å². The van der Waals surface area contributed by atoms with E-state index in [9.17, 15) is 5.11 Å². The van der Waals surface area contributed by atoms with Crippen LogP contribution in [0.5, 0.6) is 5.75 Å². The van der Waals surface area contributed by atoms with Crippen LogP contribution < -0.4 is 5.73 Å². The number of piperidine rings is 1. The fourth-order valence-corrected chi connectivity index (χ4v) is 6.78. The second-order valence-electron chi connectivity index (χ2n) is 9.55. The molecule has 4 bridgehead atoms. The number of phenols is 1. The van der Waals surface area contributed by atoms with Crippen molar-refractivity contribution < 1.29 is 9.84 Å². The summed E-state index contributed by atoms with van der Waals surface area (Å²) in [5.41, 5.74) is 9.21. The molecule has 6 aliphatic rings. The molecule has 7 rings (SSSR count). The summed E-state index contributed by atoms with van der Waals surface area (Å²) in [6.45, 7) is 3.10. The van der Waals surface area contributed by atoms with Crippen molar-refractivity contribution in [1.29, 1.82) is 0 Å². The van der Waals surface area contributed by atoms with Gasteiger partial charge in [0.05, 0.1) is 12.2 Å². The van der Waals surface area contributed by atoms with Crippen molar-refractivity contribution in [1.82, 2.24) is 4.90 Å². The standard InChI is InChI=1S/C21H28N2O2/c22-19-5-6-21(25-13-19)18-9-15-3-4-16(24)10-17(15)20(21,12-19)7-8-23(18)11-14-1-2-14/h3-4,10,14,18,24H,1-2,5-9,11-13,22H2/t18-,19+,20-,21-/m1/s1. The van der Waals surface area contributed by atoms with Crippen LogP contribution in [0.25, 0.3) is 0 Å². The molecule has 3 aliphatic carbocycles. The number of phenolic OH excluding ortho intramolecular Hbond substituents is 1. The molecule has 3 N–H and O–H groups in total. The molecule has 4 nitrogen and oxygen atoms in total. The fourth-order valence-electron chi connectivity index (χ4n) is 6.78. The van der Waals surface area contributed by atoms with Gasteiger partial charge in [-0.05, 0) is 80.7 Å². The predicted molar refractivity (Wildman–Crippen MR) is 95.6 cm³/mol. The summed E-state index contributed by atoms with van der Waals surface area (Å²) in [5, 5.41) is 10.2. The summed E-state index contributed by atoms with van der Waals surface area (Å²) in [6.07, 6.45) is 8.15. The second-order valence-corrected chi connectivity index (χ2v) is 9.55. The summed E-state index contributed by atoms with van der Waals surface area (Å²) in [5.74, 6) is 1.29. The Kier molecular flexibility index (Phi) is 2.76. The van der Waals surface area contributed by atoms with Gasteiger partial charge in [-0.3, -0.25) is 4.90 Å². The van der Waals surface area contributed by atoms with Crippen LogP contribution in [0.4, 0.5) is 0 Å². The summed E-state index contributed by atoms with van der Waals surface area (Å²) in [4.78, 5) is 2.75. The third-order valence-corrected chi connectivity index (χ3v) is 8.09. The molecule has 1 aromatic carbocycles. The van der Waals surface area contributed by atoms with Gasteiger partial charge in [0, 0.05) is 23.5 Å². The van der Waals surface area contributed by atoms with Crippen molar-refractivity contribution in [2.45, 2.75) is 67.5 Å². The molecule has 1 aromatic rings. The van der Waals surface area contributed by atoms with Gasteiger partial charge in [0.15, 0.2) is 0 Å². The van der Waals surface area contributed by atoms with Crippen LogP contribution in [-0.2, 0) is 16.6 Å². The van der Waals surface area contributed by atoms with Crippen LogP contribution in [0.2, 0.25) is 0 Å². The van der Waals surface area contributed by atoms with E-state index < -0.39 is 0 Å². The maximum absolute atomic E-state index is 10.2. The van der Waals surface area contributed by atoms with Crippen molar-refractivity contribution in [2.24, 2.45) is 11.7 Å². The zero-order chi connectivity index (χ0) is 16.9. The van der Waals surface area contributed by atoms with Gasteiger partial charge in [0.1, 0.15) is 5.75 Å². The van der Waals surface area contributed by atoms with E-state index in [0.717, 1.165) is 44.6 Å². The Morgan fingerprint density at radius 1 is 1.24 bits per heavy atom. The van der Waals surface area contributed by atoms with E-state index in [1.165, 1.54) is 30.5 Å². The van der Waals surface area contributed by atoms with Crippen molar-refractivity contribution in [3.8, 4) is 5.75 Å². The smallest absolute Gasteiger partial charge is 0.115 e. The first-order chi connectivity index (χ1) is 12.0. The van der Waals surface area contributed by atoms with E-state index in [4.69, 9.17) is 10.5 Å². The molecule has 3 heterocycles. The number of rotatable bonds is 2. The van der Waals surface area contributed by atoms with Gasteiger partial charge >= 0.3 is 0 Å². The van der Waals surface area contributed by atoms with Crippen LogP contribution in [0, 0.1) is 5.92 Å². The zero-order valence-corrected chi connectivity index (χ0v) is 14.8. The molecule has 3 aliphatic heterocycles. The number of likely N-dealkylation sites (tertiary alicyclic amines) is 1. The number of nitrogens with zero attached hydrogens (tertiary/aromatic N) is 1. The maximum Gasteiger partial charge on any atom is 0.115 e. The van der Waals surface area contributed by atoms with E-state index in [1.54, 1.807) is 0 Å². The highest BCUT2D eigenvalue weighted by Gasteiger charge is 2.70. The Bertz CT molecular complexity index is 735. The van der Waals surface area contributed by atoms with Gasteiger partial charge in [0.25, 0.3) is 0 Å². The van der Waals surface area contributed by atoms with Crippen molar-refractivity contribution in [3.05, 3.63) is 29.3 Å². The highest BCUT2D eigenvalue weighted by molar-refractivity contribution is 5.49. The average Bonchev–Trinajstić information content (AvgIpc) is 3.41. The molecule has 25 heavy (non-hydrogen) atoms. The van der Waals surface area contributed by atoms with Crippen LogP contribution in [-0.4, -0.2) is 46.9 Å². The van der Waals surface area contributed by atoms with E-state index in [1.807, 2.05) is 12.1 Å². The molecule has 3 saturated heterocycles. The van der Waals surface area contributed by atoms with E-state index >= 15 is 0 Å². The predicted octanol–water partition coefficient (Wildman–Crippen LogP) is 2.32. The average molecular weight is 340 g/mol. The van der Waals surface area contributed by atoms with Gasteiger partial charge in [0.2, 0.25) is 0 Å². The lowest BCUT2D eigenvalue weighted by Crippen LogP contribution is -2.80. The van der Waals surface area contributed by atoms with E-state index in [2.05, 4.69) is 11.0 Å². The van der Waals surface area contributed by atoms with Crippen LogP contribution >= 0.6 is 0 Å². The Morgan fingerprint density at radius 3 is 2.88 bits per heavy atom. The van der Waals surface area contributed by atoms with E-state index in [-0.39, 0.29) is 16.6 Å². The highest BCUT2D eigenvalue weighted by Crippen LogP contribution is 2.64. The third-order valence-electron chi connectivity index (χ3n) is 8.09. The van der Waals surface area contributed by atoms with E-state index in [0.29, 0.717) is 18.4 Å². The summed E-state index contributed by atoms with van der Waals surface area (Å²) >= 11 is 0. The molecule has 134 valence electrons. The van der Waals surface area contributed by atoms with Gasteiger partial charge in [-0.2, -0.15) is 0 Å². The van der Waals surface area contributed by atoms with Crippen molar-refractivity contribution in [3.63, 3.8) is 0 Å². The van der Waals surface area contributed by atoms with Gasteiger partial charge in [-0.1, -0.05) is 6.07 Å². The zero-order valence-electron chi connectivity index (χ0n) is 14.8. The molecular weight excluding hydrogens is 312 g/mol. The molecule has 5 fully saturated rings. The van der Waals surface area contributed by atoms with Crippen LogP contribution in [0.3, 0.4) is 0 Å². The SMILES string of the molecule is N[C@]12CC[C@@]3(OC1)[C@H]1Cc4ccc(O)cc4[C@@]3(CCN1CC1CC1)C2. The first kappa shape index (κ1) is 15.0. The third kappa shape index (κ3) is 1.83. The van der Waals surface area contributed by atoms with Gasteiger partial charge < -0.3 is 15.6 Å². The first-order valence-electron chi connectivity index (χ1n) is 10.0. The summed E-state index contributed by atoms with van der Waals surface area (Å²) < 4.78 is 6.71. The normalized spacial score (nSPS) is 45.1. The molecule has 2 saturated carbocycles. The molecule has 0 radical (unpaired) electrons. The number of nitrogens with two attached hydrogens (primary N) is 1. The lowest BCUT2D eigenvalue weighted by atomic mass is 9.45. The Hall–Kier alpha value is -1.10. The lowest BCUT2D eigenvalue weighted by Gasteiger charge is -2.71. The van der Waals surface area contributed by atoms with Gasteiger partial charge in [-0.25, -0.2) is 0 Å². The van der Waals surface area contributed by atoms with Crippen molar-refractivity contribution in [2.75, 3.05) is 19.7 Å². The molecule has 4 atom stereocenters. The minimum atomic E-state index is -0.189. The molecule has 0 amide bonds. The Morgan fingerprint density at radius 2 is 2.12 bits per heavy atom. The molecule has 0 aromatic heterocycles. The number of ether oxygens (including phenoxy) is 1. The number of hydrogen-bond donors (Lipinski definition) is 2. The minimum absolute atomic E-state index is 0.00467. The highest BCUT2D eigenvalue weighted by atomic mass is 16.5. The summed E-state index contributed by atoms with van der Waals surface area (Å²) in [7, 11) is 0. The topological polar surface area (TPSA) is 58.7 Å². The molecule has 4 heteroatoms. The summed E-state index contributed by atoms with van der Waals surface area (Å²) in [6, 6.07) is 6.51. The molecule has 0 unspecified atom stereocenters. The largest absolute Gasteiger partial charge is 0.508 e. The lowest BCUT2D eigenvalue weighted by molar-refractivity contribution is -0.258. The number of aromatic hydroxyl groups is 1. The Labute approximate surface area is 149 Å². The number of benzene rings is 1. The number of fused-ring (bicyclic) bond motifs is 3. The van der Waals surface area contributed by atoms with Crippen molar-refractivity contribution >= 4 is 0 Å². The molecule has 1 spiro atoms. The first-order valence-corrected chi connectivity index (χ1v) is 10.0. The maximum atomic E-state index is 10.2. The Balaban J connectivity index is 1.53. The quantitative estimate of drug-likeness (QED) is 0.867. The van der Waals surface area contributed by atoms with Crippen LogP contribution in [0.15, 0.2) is 18.2 Å². The van der Waals surface area contributed by atoms with Crippen LogP contribution in [0.1, 0.15) is 49.7 Å². The molecular formula is C21H28N2O2. The monoisotopic (exact) mass is 340 g/mol. The number of hydrogen-bond acceptors (Lipinski definition) is 4.